The van der Waals surface area contributed by atoms with Gasteiger partial charge in [0.05, 0.1) is 5.56 Å². The Kier molecular flexibility index (Phi) is 3.48. The van der Waals surface area contributed by atoms with Gasteiger partial charge in [0, 0.05) is 13.1 Å². The maximum atomic E-state index is 12.7. The molecule has 1 aliphatic heterocycles. The van der Waals surface area contributed by atoms with Gasteiger partial charge in [0.15, 0.2) is 0 Å². The van der Waals surface area contributed by atoms with E-state index in [1.54, 1.807) is 6.92 Å². The van der Waals surface area contributed by atoms with Gasteiger partial charge >= 0.3 is 6.18 Å². The summed E-state index contributed by atoms with van der Waals surface area (Å²) < 4.78 is 38.2. The van der Waals surface area contributed by atoms with Crippen molar-refractivity contribution >= 4 is 5.57 Å². The van der Waals surface area contributed by atoms with Gasteiger partial charge in [-0.15, -0.1) is 0 Å². The molecule has 0 fully saturated rings. The highest BCUT2D eigenvalue weighted by atomic mass is 19.4. The summed E-state index contributed by atoms with van der Waals surface area (Å²) in [5.41, 5.74) is 1.81. The molecule has 0 atom stereocenters. The van der Waals surface area contributed by atoms with E-state index in [1.807, 2.05) is 19.2 Å². The first-order chi connectivity index (χ1) is 8.36. The molecule has 18 heavy (non-hydrogen) atoms. The third-order valence-electron chi connectivity index (χ3n) is 3.19. The van der Waals surface area contributed by atoms with Crippen LogP contribution in [0, 0.1) is 6.92 Å². The Balaban J connectivity index is 2.37. The number of aryl methyl sites for hydroxylation is 1. The van der Waals surface area contributed by atoms with E-state index in [9.17, 15) is 13.2 Å². The number of rotatable bonds is 1. The first-order valence-corrected chi connectivity index (χ1v) is 5.93. The lowest BCUT2D eigenvalue weighted by atomic mass is 9.96. The van der Waals surface area contributed by atoms with Crippen LogP contribution in [0.5, 0.6) is 0 Å². The molecule has 1 aliphatic rings. The van der Waals surface area contributed by atoms with Crippen LogP contribution in [0.15, 0.2) is 24.3 Å². The van der Waals surface area contributed by atoms with Gasteiger partial charge in [-0.25, -0.2) is 0 Å². The summed E-state index contributed by atoms with van der Waals surface area (Å²) in [6.07, 6.45) is -1.46. The lowest BCUT2D eigenvalue weighted by Gasteiger charge is -2.22. The van der Waals surface area contributed by atoms with Crippen molar-refractivity contribution in [2.75, 3.05) is 20.1 Å². The fourth-order valence-corrected chi connectivity index (χ4v) is 2.17. The molecule has 0 radical (unpaired) electrons. The summed E-state index contributed by atoms with van der Waals surface area (Å²) in [4.78, 5) is 2.14. The summed E-state index contributed by atoms with van der Waals surface area (Å²) >= 11 is 0. The Morgan fingerprint density at radius 1 is 1.17 bits per heavy atom. The molecule has 0 N–H and O–H groups in total. The fourth-order valence-electron chi connectivity index (χ4n) is 2.17. The first kappa shape index (κ1) is 13.1. The SMILES string of the molecule is Cc1cc(C2=CCN(C)CC2)cc(C(F)(F)F)c1. The van der Waals surface area contributed by atoms with Crippen LogP contribution in [0.2, 0.25) is 0 Å². The minimum Gasteiger partial charge on any atom is -0.302 e. The van der Waals surface area contributed by atoms with Crippen molar-refractivity contribution in [3.63, 3.8) is 0 Å². The van der Waals surface area contributed by atoms with Gasteiger partial charge in [-0.2, -0.15) is 13.2 Å². The Hall–Kier alpha value is -1.29. The first-order valence-electron chi connectivity index (χ1n) is 5.93. The van der Waals surface area contributed by atoms with E-state index in [0.717, 1.165) is 25.1 Å². The molecule has 0 unspecified atom stereocenters. The topological polar surface area (TPSA) is 3.24 Å². The third-order valence-corrected chi connectivity index (χ3v) is 3.19. The summed E-state index contributed by atoms with van der Waals surface area (Å²) in [5, 5.41) is 0. The van der Waals surface area contributed by atoms with E-state index in [-0.39, 0.29) is 0 Å². The molecule has 1 aromatic rings. The molecule has 0 aliphatic carbocycles. The van der Waals surface area contributed by atoms with Gasteiger partial charge in [0.1, 0.15) is 0 Å². The second-order valence-corrected chi connectivity index (χ2v) is 4.83. The molecule has 4 heteroatoms. The van der Waals surface area contributed by atoms with E-state index >= 15 is 0 Å². The van der Waals surface area contributed by atoms with E-state index < -0.39 is 11.7 Å². The lowest BCUT2D eigenvalue weighted by molar-refractivity contribution is -0.137. The van der Waals surface area contributed by atoms with Gasteiger partial charge in [0.25, 0.3) is 0 Å². The maximum absolute atomic E-state index is 12.7. The normalized spacial score (nSPS) is 17.7. The molecule has 0 saturated heterocycles. The molecule has 0 spiro atoms. The zero-order valence-electron chi connectivity index (χ0n) is 10.5. The standard InChI is InChI=1S/C14H16F3N/c1-10-7-12(9-13(8-10)14(15,16)17)11-3-5-18(2)6-4-11/h3,7-9H,4-6H2,1-2H3. The van der Waals surface area contributed by atoms with Crippen LogP contribution in [0.1, 0.15) is 23.1 Å². The number of nitrogens with zero attached hydrogens (tertiary/aromatic N) is 1. The Morgan fingerprint density at radius 3 is 2.44 bits per heavy atom. The molecule has 98 valence electrons. The molecular weight excluding hydrogens is 239 g/mol. The second kappa shape index (κ2) is 4.76. The van der Waals surface area contributed by atoms with Crippen molar-refractivity contribution in [3.05, 3.63) is 41.0 Å². The second-order valence-electron chi connectivity index (χ2n) is 4.83. The Labute approximate surface area is 105 Å². The number of alkyl halides is 3. The van der Waals surface area contributed by atoms with Crippen LogP contribution in [0.4, 0.5) is 13.2 Å². The summed E-state index contributed by atoms with van der Waals surface area (Å²) in [6, 6.07) is 4.27. The van der Waals surface area contributed by atoms with E-state index in [1.165, 1.54) is 12.1 Å². The van der Waals surface area contributed by atoms with Crippen LogP contribution >= 0.6 is 0 Å². The van der Waals surface area contributed by atoms with Crippen molar-refractivity contribution in [3.8, 4) is 0 Å². The minimum atomic E-state index is -4.27. The van der Waals surface area contributed by atoms with Crippen LogP contribution in [0.3, 0.4) is 0 Å². The molecule has 1 nitrogen and oxygen atoms in total. The van der Waals surface area contributed by atoms with Crippen molar-refractivity contribution in [2.24, 2.45) is 0 Å². The number of halogens is 3. The van der Waals surface area contributed by atoms with Gasteiger partial charge in [-0.3, -0.25) is 0 Å². The number of hydrogen-bond acceptors (Lipinski definition) is 1. The summed E-state index contributed by atoms with van der Waals surface area (Å²) in [5.74, 6) is 0. The highest BCUT2D eigenvalue weighted by molar-refractivity contribution is 5.67. The molecule has 0 saturated carbocycles. The van der Waals surface area contributed by atoms with Crippen molar-refractivity contribution in [1.29, 1.82) is 0 Å². The van der Waals surface area contributed by atoms with Gasteiger partial charge < -0.3 is 4.90 Å². The third kappa shape index (κ3) is 2.93. The summed E-state index contributed by atoms with van der Waals surface area (Å²) in [7, 11) is 2.00. The van der Waals surface area contributed by atoms with Crippen molar-refractivity contribution in [2.45, 2.75) is 19.5 Å². The molecule has 0 aromatic heterocycles. The Bertz CT molecular complexity index is 474. The van der Waals surface area contributed by atoms with Crippen LogP contribution in [-0.2, 0) is 6.18 Å². The zero-order chi connectivity index (χ0) is 13.3. The van der Waals surface area contributed by atoms with Gasteiger partial charge in [-0.1, -0.05) is 12.1 Å². The lowest BCUT2D eigenvalue weighted by Crippen LogP contribution is -2.23. The molecule has 0 bridgehead atoms. The minimum absolute atomic E-state index is 0.558. The van der Waals surface area contributed by atoms with Crippen LogP contribution < -0.4 is 0 Å². The highest BCUT2D eigenvalue weighted by Gasteiger charge is 2.31. The number of benzene rings is 1. The molecular formula is C14H16F3N. The maximum Gasteiger partial charge on any atom is 0.416 e. The van der Waals surface area contributed by atoms with Crippen molar-refractivity contribution in [1.82, 2.24) is 4.90 Å². The van der Waals surface area contributed by atoms with Crippen LogP contribution in [-0.4, -0.2) is 25.0 Å². The summed E-state index contributed by atoms with van der Waals surface area (Å²) in [6.45, 7) is 3.39. The molecule has 0 amide bonds. The number of likely N-dealkylation sites (N-methyl/N-ethyl adjacent to an activating group) is 1. The van der Waals surface area contributed by atoms with E-state index in [2.05, 4.69) is 4.90 Å². The van der Waals surface area contributed by atoms with E-state index in [4.69, 9.17) is 0 Å². The molecule has 1 heterocycles. The average Bonchev–Trinajstić information content (AvgIpc) is 2.28. The quantitative estimate of drug-likeness (QED) is 0.739. The average molecular weight is 255 g/mol. The fraction of sp³-hybridized carbons (Fsp3) is 0.429. The predicted octanol–water partition coefficient (Wildman–Crippen LogP) is 3.73. The molecule has 1 aromatic carbocycles. The van der Waals surface area contributed by atoms with Gasteiger partial charge in [0.2, 0.25) is 0 Å². The van der Waals surface area contributed by atoms with Crippen LogP contribution in [0.25, 0.3) is 5.57 Å². The monoisotopic (exact) mass is 255 g/mol. The Morgan fingerprint density at radius 2 is 1.89 bits per heavy atom. The molecule has 2 rings (SSSR count). The largest absolute Gasteiger partial charge is 0.416 e. The van der Waals surface area contributed by atoms with E-state index in [0.29, 0.717) is 11.1 Å². The smallest absolute Gasteiger partial charge is 0.302 e. The predicted molar refractivity (Wildman–Crippen MR) is 66.3 cm³/mol. The number of hydrogen-bond donors (Lipinski definition) is 0. The zero-order valence-corrected chi connectivity index (χ0v) is 10.5. The van der Waals surface area contributed by atoms with Crippen molar-refractivity contribution < 1.29 is 13.2 Å². The highest BCUT2D eigenvalue weighted by Crippen LogP contribution is 2.33. The van der Waals surface area contributed by atoms with Gasteiger partial charge in [-0.05, 0) is 49.2 Å².